The number of hydrogen-bond donors (Lipinski definition) is 1. The molecule has 4 rings (SSSR count). The van der Waals surface area contributed by atoms with E-state index < -0.39 is 0 Å². The molecule has 0 spiro atoms. The number of carbonyl (C=O) groups is 1. The molecule has 0 aliphatic carbocycles. The molecule has 3 heterocycles. The largest absolute Gasteiger partial charge is 0.497 e. The topological polar surface area (TPSA) is 65.4 Å². The molecule has 1 aromatic carbocycles. The first-order valence-electron chi connectivity index (χ1n) is 12.3. The number of methoxy groups -OCH3 is 1. The Morgan fingerprint density at radius 3 is 2.76 bits per heavy atom. The van der Waals surface area contributed by atoms with E-state index in [1.165, 1.54) is 0 Å². The van der Waals surface area contributed by atoms with Crippen LogP contribution in [0.4, 0.5) is 0 Å². The molecule has 0 saturated carbocycles. The number of ether oxygens (including phenoxy) is 2. The van der Waals surface area contributed by atoms with Gasteiger partial charge in [-0.15, -0.1) is 11.3 Å². The van der Waals surface area contributed by atoms with Gasteiger partial charge in [0.05, 0.1) is 24.1 Å². The lowest BCUT2D eigenvalue weighted by atomic mass is 10.1. The van der Waals surface area contributed by atoms with Crippen LogP contribution in [0.5, 0.6) is 5.75 Å². The highest BCUT2D eigenvalue weighted by Gasteiger charge is 2.28. The molecule has 2 atom stereocenters. The van der Waals surface area contributed by atoms with Gasteiger partial charge in [-0.2, -0.15) is 0 Å². The standard InChI is InChI=1S/C27H35N3O3S/c1-5-7-9-20(6-2)28-26(31)22-16-24(30(18(22)3)25-10-8-15-33-25)23-17-34-27(29-23)19-11-13-21(32-4)14-12-19/h11-14,16-17,20,25H,5-10,15H2,1-4H3,(H,28,31). The molecule has 2 unspecified atom stereocenters. The normalized spacial score (nSPS) is 16.5. The summed E-state index contributed by atoms with van der Waals surface area (Å²) in [5, 5.41) is 6.26. The van der Waals surface area contributed by atoms with Gasteiger partial charge in [-0.05, 0) is 62.9 Å². The first-order valence-corrected chi connectivity index (χ1v) is 13.2. The van der Waals surface area contributed by atoms with Crippen molar-refractivity contribution in [1.29, 1.82) is 0 Å². The van der Waals surface area contributed by atoms with Crippen LogP contribution in [0.1, 0.15) is 74.7 Å². The van der Waals surface area contributed by atoms with Gasteiger partial charge < -0.3 is 19.4 Å². The van der Waals surface area contributed by atoms with Crippen LogP contribution in [-0.4, -0.2) is 35.2 Å². The summed E-state index contributed by atoms with van der Waals surface area (Å²) in [6.45, 7) is 7.07. The van der Waals surface area contributed by atoms with Gasteiger partial charge in [0.25, 0.3) is 5.91 Å². The molecule has 2 aromatic heterocycles. The van der Waals surface area contributed by atoms with Gasteiger partial charge in [-0.25, -0.2) is 4.98 Å². The van der Waals surface area contributed by atoms with Crippen LogP contribution in [0.3, 0.4) is 0 Å². The summed E-state index contributed by atoms with van der Waals surface area (Å²) in [5.74, 6) is 0.812. The fraction of sp³-hybridized carbons (Fsp3) is 0.481. The van der Waals surface area contributed by atoms with E-state index in [4.69, 9.17) is 14.5 Å². The molecule has 1 amide bonds. The first kappa shape index (κ1) is 24.5. The van der Waals surface area contributed by atoms with E-state index in [-0.39, 0.29) is 18.2 Å². The summed E-state index contributed by atoms with van der Waals surface area (Å²) >= 11 is 1.60. The van der Waals surface area contributed by atoms with Gasteiger partial charge in [0, 0.05) is 29.3 Å². The van der Waals surface area contributed by atoms with Crippen molar-refractivity contribution < 1.29 is 14.3 Å². The molecule has 7 heteroatoms. The van der Waals surface area contributed by atoms with Crippen molar-refractivity contribution in [2.24, 2.45) is 0 Å². The monoisotopic (exact) mass is 481 g/mol. The lowest BCUT2D eigenvalue weighted by Crippen LogP contribution is -2.34. The van der Waals surface area contributed by atoms with Gasteiger partial charge in [0.15, 0.2) is 0 Å². The van der Waals surface area contributed by atoms with E-state index in [2.05, 4.69) is 29.1 Å². The zero-order valence-corrected chi connectivity index (χ0v) is 21.4. The minimum Gasteiger partial charge on any atom is -0.497 e. The number of nitrogens with one attached hydrogen (secondary N) is 1. The van der Waals surface area contributed by atoms with Gasteiger partial charge in [0.2, 0.25) is 0 Å². The third-order valence-corrected chi connectivity index (χ3v) is 7.46. The SMILES string of the molecule is CCCCC(CC)NC(=O)c1cc(-c2csc(-c3ccc(OC)cc3)n2)n(C2CCCO2)c1C. The third kappa shape index (κ3) is 5.20. The lowest BCUT2D eigenvalue weighted by molar-refractivity contribution is 0.0565. The van der Waals surface area contributed by atoms with Crippen molar-refractivity contribution in [3.8, 4) is 27.7 Å². The molecule has 0 bridgehead atoms. The van der Waals surface area contributed by atoms with Crippen LogP contribution in [0.15, 0.2) is 35.7 Å². The van der Waals surface area contributed by atoms with Crippen molar-refractivity contribution >= 4 is 17.2 Å². The molecular weight excluding hydrogens is 446 g/mol. The average molecular weight is 482 g/mol. The molecule has 6 nitrogen and oxygen atoms in total. The van der Waals surface area contributed by atoms with Crippen LogP contribution in [0.2, 0.25) is 0 Å². The predicted molar refractivity (Wildman–Crippen MR) is 138 cm³/mol. The van der Waals surface area contributed by atoms with E-state index in [9.17, 15) is 4.79 Å². The summed E-state index contributed by atoms with van der Waals surface area (Å²) in [6, 6.07) is 10.1. The molecule has 34 heavy (non-hydrogen) atoms. The van der Waals surface area contributed by atoms with E-state index in [0.717, 1.165) is 78.5 Å². The Labute approximate surface area is 206 Å². The molecule has 1 saturated heterocycles. The van der Waals surface area contributed by atoms with Gasteiger partial charge >= 0.3 is 0 Å². The van der Waals surface area contributed by atoms with Crippen molar-refractivity contribution in [3.05, 3.63) is 47.0 Å². The van der Waals surface area contributed by atoms with Crippen LogP contribution in [-0.2, 0) is 4.74 Å². The highest BCUT2D eigenvalue weighted by molar-refractivity contribution is 7.13. The van der Waals surface area contributed by atoms with Crippen LogP contribution < -0.4 is 10.1 Å². The van der Waals surface area contributed by atoms with Crippen LogP contribution in [0.25, 0.3) is 22.0 Å². The highest BCUT2D eigenvalue weighted by Crippen LogP contribution is 2.36. The fourth-order valence-corrected chi connectivity index (χ4v) is 5.35. The number of carbonyl (C=O) groups excluding carboxylic acids is 1. The van der Waals surface area contributed by atoms with Crippen molar-refractivity contribution in [3.63, 3.8) is 0 Å². The number of unbranched alkanes of at least 4 members (excludes halogenated alkanes) is 1. The van der Waals surface area contributed by atoms with E-state index in [1.807, 2.05) is 37.3 Å². The first-order chi connectivity index (χ1) is 16.5. The fourth-order valence-electron chi connectivity index (χ4n) is 4.53. The molecule has 1 fully saturated rings. The van der Waals surface area contributed by atoms with E-state index in [1.54, 1.807) is 18.4 Å². The summed E-state index contributed by atoms with van der Waals surface area (Å²) in [4.78, 5) is 18.2. The minimum atomic E-state index is -0.0650. The van der Waals surface area contributed by atoms with E-state index >= 15 is 0 Å². The maximum Gasteiger partial charge on any atom is 0.253 e. The smallest absolute Gasteiger partial charge is 0.253 e. The molecule has 0 radical (unpaired) electrons. The number of rotatable bonds is 10. The Bertz CT molecular complexity index is 1100. The number of thiazole rings is 1. The Morgan fingerprint density at radius 2 is 2.12 bits per heavy atom. The predicted octanol–water partition coefficient (Wildman–Crippen LogP) is 6.60. The minimum absolute atomic E-state index is 0.0101. The molecule has 1 aliphatic heterocycles. The second-order valence-electron chi connectivity index (χ2n) is 8.85. The maximum absolute atomic E-state index is 13.3. The number of nitrogens with zero attached hydrogens (tertiary/aromatic N) is 2. The third-order valence-electron chi connectivity index (χ3n) is 6.57. The summed E-state index contributed by atoms with van der Waals surface area (Å²) in [6.07, 6.45) is 6.08. The maximum atomic E-state index is 13.3. The Kier molecular flexibility index (Phi) is 8.06. The van der Waals surface area contributed by atoms with Crippen molar-refractivity contribution in [2.45, 2.75) is 71.6 Å². The number of hydrogen-bond acceptors (Lipinski definition) is 5. The van der Waals surface area contributed by atoms with Crippen LogP contribution in [0, 0.1) is 6.92 Å². The van der Waals surface area contributed by atoms with Crippen molar-refractivity contribution in [2.75, 3.05) is 13.7 Å². The van der Waals surface area contributed by atoms with E-state index in [0.29, 0.717) is 5.56 Å². The molecule has 1 aliphatic rings. The van der Waals surface area contributed by atoms with Gasteiger partial charge in [-0.3, -0.25) is 4.79 Å². The number of amides is 1. The second-order valence-corrected chi connectivity index (χ2v) is 9.71. The molecule has 1 N–H and O–H groups in total. The van der Waals surface area contributed by atoms with Crippen molar-refractivity contribution in [1.82, 2.24) is 14.9 Å². The molecule has 3 aromatic rings. The zero-order valence-electron chi connectivity index (χ0n) is 20.6. The van der Waals surface area contributed by atoms with Gasteiger partial charge in [0.1, 0.15) is 17.0 Å². The summed E-state index contributed by atoms with van der Waals surface area (Å²) < 4.78 is 13.5. The summed E-state index contributed by atoms with van der Waals surface area (Å²) in [7, 11) is 1.67. The Hall–Kier alpha value is -2.64. The number of aromatic nitrogens is 2. The highest BCUT2D eigenvalue weighted by atomic mass is 32.1. The Balaban J connectivity index is 1.66. The number of benzene rings is 1. The molecular formula is C27H35N3O3S. The molecule has 182 valence electrons. The lowest BCUT2D eigenvalue weighted by Gasteiger charge is -2.19. The van der Waals surface area contributed by atoms with Crippen LogP contribution >= 0.6 is 11.3 Å². The zero-order chi connectivity index (χ0) is 24.1. The van der Waals surface area contributed by atoms with Gasteiger partial charge in [-0.1, -0.05) is 26.7 Å². The summed E-state index contributed by atoms with van der Waals surface area (Å²) in [5.41, 5.74) is 4.49. The Morgan fingerprint density at radius 1 is 1.32 bits per heavy atom. The average Bonchev–Trinajstić information content (AvgIpc) is 3.61. The quantitative estimate of drug-likeness (QED) is 0.354. The second kappa shape index (κ2) is 11.2.